The second-order valence-electron chi connectivity index (χ2n) is 2.74. The van der Waals surface area contributed by atoms with Crippen LogP contribution in [-0.4, -0.2) is 17.5 Å². The second kappa shape index (κ2) is 4.71. The van der Waals surface area contributed by atoms with E-state index in [-0.39, 0.29) is 5.75 Å². The smallest absolute Gasteiger partial charge is 0.165 e. The number of phenols is 1. The second-order valence-corrected chi connectivity index (χ2v) is 3.74. The van der Waals surface area contributed by atoms with Crippen molar-refractivity contribution in [2.75, 3.05) is 12.4 Å². The third-order valence-corrected chi connectivity index (χ3v) is 2.70. The number of aromatic hydroxyl groups is 1. The quantitative estimate of drug-likeness (QED) is 0.857. The van der Waals surface area contributed by atoms with Crippen LogP contribution in [0.2, 0.25) is 5.02 Å². The van der Waals surface area contributed by atoms with Crippen LogP contribution >= 0.6 is 27.5 Å². The summed E-state index contributed by atoms with van der Waals surface area (Å²) in [7, 11) is 1.48. The van der Waals surface area contributed by atoms with Gasteiger partial charge in [-0.1, -0.05) is 34.1 Å². The van der Waals surface area contributed by atoms with E-state index in [0.29, 0.717) is 21.7 Å². The van der Waals surface area contributed by atoms with E-state index in [4.69, 9.17) is 16.3 Å². The SMILES string of the molecule is C=C(CBr)c1cc(Cl)cc(OC)c1O. The molecule has 0 saturated carbocycles. The summed E-state index contributed by atoms with van der Waals surface area (Å²) in [6.07, 6.45) is 0. The molecule has 0 aliphatic rings. The van der Waals surface area contributed by atoms with Crippen LogP contribution in [0.4, 0.5) is 0 Å². The lowest BCUT2D eigenvalue weighted by Crippen LogP contribution is -1.90. The molecular formula is C10H10BrClO2. The molecule has 0 bridgehead atoms. The van der Waals surface area contributed by atoms with Gasteiger partial charge in [0.25, 0.3) is 0 Å². The zero-order valence-corrected chi connectivity index (χ0v) is 10.0. The van der Waals surface area contributed by atoms with Crippen LogP contribution in [0.3, 0.4) is 0 Å². The maximum atomic E-state index is 9.75. The Bertz CT molecular complexity index is 363. The van der Waals surface area contributed by atoms with Crippen LogP contribution in [0.5, 0.6) is 11.5 Å². The van der Waals surface area contributed by atoms with E-state index in [1.807, 2.05) is 0 Å². The molecule has 4 heteroatoms. The highest BCUT2D eigenvalue weighted by Gasteiger charge is 2.11. The number of allylic oxidation sites excluding steroid dienone is 1. The van der Waals surface area contributed by atoms with Gasteiger partial charge in [-0.05, 0) is 11.6 Å². The molecule has 2 nitrogen and oxygen atoms in total. The van der Waals surface area contributed by atoms with Crippen LogP contribution in [0, 0.1) is 0 Å². The van der Waals surface area contributed by atoms with Crippen molar-refractivity contribution in [3.8, 4) is 11.5 Å². The zero-order valence-electron chi connectivity index (χ0n) is 7.68. The first-order valence-corrected chi connectivity index (χ1v) is 5.40. The summed E-state index contributed by atoms with van der Waals surface area (Å²) >= 11 is 9.12. The van der Waals surface area contributed by atoms with Gasteiger partial charge in [0.05, 0.1) is 7.11 Å². The van der Waals surface area contributed by atoms with Gasteiger partial charge in [-0.3, -0.25) is 0 Å². The molecule has 0 fully saturated rings. The molecule has 1 rings (SSSR count). The molecule has 76 valence electrons. The van der Waals surface area contributed by atoms with E-state index in [1.165, 1.54) is 7.11 Å². The summed E-state index contributed by atoms with van der Waals surface area (Å²) < 4.78 is 4.97. The molecule has 0 unspecified atom stereocenters. The van der Waals surface area contributed by atoms with E-state index >= 15 is 0 Å². The average molecular weight is 278 g/mol. The van der Waals surface area contributed by atoms with E-state index in [0.717, 1.165) is 5.57 Å². The minimum absolute atomic E-state index is 0.0707. The predicted octanol–water partition coefficient (Wildman–Crippen LogP) is 3.46. The first-order valence-electron chi connectivity index (χ1n) is 3.90. The molecule has 0 atom stereocenters. The minimum atomic E-state index is 0.0707. The van der Waals surface area contributed by atoms with Gasteiger partial charge in [0, 0.05) is 22.0 Å². The van der Waals surface area contributed by atoms with E-state index in [9.17, 15) is 5.11 Å². The Morgan fingerprint density at radius 2 is 2.29 bits per heavy atom. The Balaban J connectivity index is 3.29. The predicted molar refractivity (Wildman–Crippen MR) is 62.5 cm³/mol. The largest absolute Gasteiger partial charge is 0.504 e. The molecule has 0 amide bonds. The molecular weight excluding hydrogens is 267 g/mol. The van der Waals surface area contributed by atoms with Crippen LogP contribution in [-0.2, 0) is 0 Å². The molecule has 1 aromatic rings. The number of ether oxygens (including phenoxy) is 1. The highest BCUT2D eigenvalue weighted by Crippen LogP contribution is 2.37. The third kappa shape index (κ3) is 2.22. The molecule has 1 N–H and O–H groups in total. The fourth-order valence-electron chi connectivity index (χ4n) is 1.07. The summed E-state index contributed by atoms with van der Waals surface area (Å²) in [4.78, 5) is 0. The number of alkyl halides is 1. The van der Waals surface area contributed by atoms with Crippen molar-refractivity contribution in [1.82, 2.24) is 0 Å². The fraction of sp³-hybridized carbons (Fsp3) is 0.200. The van der Waals surface area contributed by atoms with Gasteiger partial charge in [0.15, 0.2) is 11.5 Å². The van der Waals surface area contributed by atoms with Crippen molar-refractivity contribution in [3.63, 3.8) is 0 Å². The number of hydrogen-bond acceptors (Lipinski definition) is 2. The number of benzene rings is 1. The monoisotopic (exact) mass is 276 g/mol. The lowest BCUT2D eigenvalue weighted by atomic mass is 10.1. The Hall–Kier alpha value is -0.670. The summed E-state index contributed by atoms with van der Waals surface area (Å²) in [5.74, 6) is 0.427. The van der Waals surface area contributed by atoms with Crippen LogP contribution < -0.4 is 4.74 Å². The fourth-order valence-corrected chi connectivity index (χ4v) is 1.58. The van der Waals surface area contributed by atoms with E-state index < -0.39 is 0 Å². The zero-order chi connectivity index (χ0) is 10.7. The van der Waals surface area contributed by atoms with Crippen LogP contribution in [0.25, 0.3) is 5.57 Å². The molecule has 1 aromatic carbocycles. The standard InChI is InChI=1S/C10H10BrClO2/c1-6(5-11)8-3-7(12)4-9(14-2)10(8)13/h3-4,13H,1,5H2,2H3. The number of phenolic OH excluding ortho intramolecular Hbond substituents is 1. The van der Waals surface area contributed by atoms with Gasteiger partial charge in [-0.15, -0.1) is 0 Å². The summed E-state index contributed by atoms with van der Waals surface area (Å²) in [5.41, 5.74) is 1.36. The Morgan fingerprint density at radius 3 is 2.79 bits per heavy atom. The Kier molecular flexibility index (Phi) is 3.84. The third-order valence-electron chi connectivity index (χ3n) is 1.80. The Morgan fingerprint density at radius 1 is 1.64 bits per heavy atom. The summed E-state index contributed by atoms with van der Waals surface area (Å²) in [6, 6.07) is 3.21. The van der Waals surface area contributed by atoms with Gasteiger partial charge in [-0.2, -0.15) is 0 Å². The van der Waals surface area contributed by atoms with Crippen molar-refractivity contribution in [3.05, 3.63) is 29.3 Å². The van der Waals surface area contributed by atoms with Gasteiger partial charge < -0.3 is 9.84 Å². The molecule has 0 aliphatic heterocycles. The molecule has 0 spiro atoms. The summed E-state index contributed by atoms with van der Waals surface area (Å²) in [6.45, 7) is 3.80. The molecule has 0 aromatic heterocycles. The highest BCUT2D eigenvalue weighted by atomic mass is 79.9. The van der Waals surface area contributed by atoms with Gasteiger partial charge in [0.2, 0.25) is 0 Å². The first kappa shape index (κ1) is 11.4. The van der Waals surface area contributed by atoms with Gasteiger partial charge >= 0.3 is 0 Å². The first-order chi connectivity index (χ1) is 6.60. The minimum Gasteiger partial charge on any atom is -0.504 e. The summed E-state index contributed by atoms with van der Waals surface area (Å²) in [5, 5.41) is 10.8. The topological polar surface area (TPSA) is 29.5 Å². The molecule has 0 radical (unpaired) electrons. The van der Waals surface area contributed by atoms with Crippen LogP contribution in [0.15, 0.2) is 18.7 Å². The maximum Gasteiger partial charge on any atom is 0.165 e. The number of hydrogen-bond donors (Lipinski definition) is 1. The number of rotatable bonds is 3. The molecule has 0 aliphatic carbocycles. The molecule has 14 heavy (non-hydrogen) atoms. The lowest BCUT2D eigenvalue weighted by molar-refractivity contribution is 0.373. The van der Waals surface area contributed by atoms with Gasteiger partial charge in [0.1, 0.15) is 0 Å². The van der Waals surface area contributed by atoms with Gasteiger partial charge in [-0.25, -0.2) is 0 Å². The lowest BCUT2D eigenvalue weighted by Gasteiger charge is -2.10. The average Bonchev–Trinajstić information content (AvgIpc) is 2.19. The van der Waals surface area contributed by atoms with Crippen molar-refractivity contribution < 1.29 is 9.84 Å². The van der Waals surface area contributed by atoms with Crippen molar-refractivity contribution >= 4 is 33.1 Å². The highest BCUT2D eigenvalue weighted by molar-refractivity contribution is 9.09. The Labute approximate surface area is 96.3 Å². The maximum absolute atomic E-state index is 9.75. The van der Waals surface area contributed by atoms with Crippen molar-refractivity contribution in [1.29, 1.82) is 0 Å². The van der Waals surface area contributed by atoms with E-state index in [2.05, 4.69) is 22.5 Å². The van der Waals surface area contributed by atoms with E-state index in [1.54, 1.807) is 12.1 Å². The van der Waals surface area contributed by atoms with Crippen LogP contribution in [0.1, 0.15) is 5.56 Å². The number of halogens is 2. The molecule has 0 heterocycles. The number of methoxy groups -OCH3 is 1. The van der Waals surface area contributed by atoms with Crippen molar-refractivity contribution in [2.45, 2.75) is 0 Å². The molecule has 0 saturated heterocycles. The van der Waals surface area contributed by atoms with Crippen molar-refractivity contribution in [2.24, 2.45) is 0 Å². The normalized spacial score (nSPS) is 9.93.